The highest BCUT2D eigenvalue weighted by atomic mass is 16.5. The van der Waals surface area contributed by atoms with Crippen LogP contribution in [0.1, 0.15) is 10.4 Å². The Bertz CT molecular complexity index is 913. The summed E-state index contributed by atoms with van der Waals surface area (Å²) in [5.41, 5.74) is 0.385. The number of ether oxygens (including phenoxy) is 1. The van der Waals surface area contributed by atoms with Gasteiger partial charge in [-0.1, -0.05) is 18.2 Å². The zero-order valence-electron chi connectivity index (χ0n) is 14.1. The Labute approximate surface area is 145 Å². The molecule has 3 aromatic rings. The van der Waals surface area contributed by atoms with E-state index in [2.05, 4.69) is 5.32 Å². The van der Waals surface area contributed by atoms with Crippen molar-refractivity contribution in [2.45, 2.75) is 13.1 Å². The molecular formula is C19H21N3O3. The van der Waals surface area contributed by atoms with Gasteiger partial charge in [-0.05, 0) is 18.2 Å². The third-order valence-corrected chi connectivity index (χ3v) is 4.10. The van der Waals surface area contributed by atoms with Crippen molar-refractivity contribution in [3.05, 3.63) is 70.9 Å². The Morgan fingerprint density at radius 3 is 2.52 bits per heavy atom. The van der Waals surface area contributed by atoms with Crippen molar-refractivity contribution in [3.8, 4) is 0 Å². The van der Waals surface area contributed by atoms with E-state index in [9.17, 15) is 9.59 Å². The Hall–Kier alpha value is -2.86. The van der Waals surface area contributed by atoms with E-state index in [1.54, 1.807) is 31.5 Å². The van der Waals surface area contributed by atoms with E-state index in [1.165, 1.54) is 4.57 Å². The van der Waals surface area contributed by atoms with Crippen molar-refractivity contribution in [1.82, 2.24) is 14.5 Å². The summed E-state index contributed by atoms with van der Waals surface area (Å²) in [6.07, 6.45) is 5.52. The van der Waals surface area contributed by atoms with E-state index < -0.39 is 0 Å². The molecule has 3 rings (SSSR count). The van der Waals surface area contributed by atoms with Crippen LogP contribution in [0.4, 0.5) is 0 Å². The number of aromatic nitrogens is 2. The molecule has 0 aliphatic carbocycles. The number of amides is 1. The SMILES string of the molecule is COCCn1cc(C(=O)NCCn2cccc2)c2ccccc2c1=O. The molecule has 25 heavy (non-hydrogen) atoms. The van der Waals surface area contributed by atoms with Gasteiger partial charge in [-0.3, -0.25) is 9.59 Å². The number of carbonyl (C=O) groups excluding carboxylic acids is 1. The van der Waals surface area contributed by atoms with E-state index in [0.29, 0.717) is 42.6 Å². The third kappa shape index (κ3) is 3.80. The highest BCUT2D eigenvalue weighted by molar-refractivity contribution is 6.06. The Kier molecular flexibility index (Phi) is 5.30. The second-order valence-corrected chi connectivity index (χ2v) is 5.76. The van der Waals surface area contributed by atoms with Crippen LogP contribution in [0.15, 0.2) is 59.8 Å². The summed E-state index contributed by atoms with van der Waals surface area (Å²) in [5.74, 6) is -0.186. The molecule has 1 aromatic carbocycles. The molecule has 0 saturated carbocycles. The summed E-state index contributed by atoms with van der Waals surface area (Å²) in [4.78, 5) is 25.2. The van der Waals surface area contributed by atoms with Crippen LogP contribution < -0.4 is 10.9 Å². The molecule has 1 amide bonds. The molecule has 0 spiro atoms. The van der Waals surface area contributed by atoms with Crippen LogP contribution in [0.3, 0.4) is 0 Å². The first-order valence-electron chi connectivity index (χ1n) is 8.21. The second kappa shape index (κ2) is 7.81. The van der Waals surface area contributed by atoms with Gasteiger partial charge in [0.05, 0.1) is 12.2 Å². The number of methoxy groups -OCH3 is 1. The Balaban J connectivity index is 1.86. The van der Waals surface area contributed by atoms with Gasteiger partial charge in [0.15, 0.2) is 0 Å². The van der Waals surface area contributed by atoms with Gasteiger partial charge in [0.25, 0.3) is 11.5 Å². The normalized spacial score (nSPS) is 10.9. The lowest BCUT2D eigenvalue weighted by Gasteiger charge is -2.12. The molecule has 0 aliphatic heterocycles. The molecule has 0 atom stereocenters. The second-order valence-electron chi connectivity index (χ2n) is 5.76. The number of nitrogens with one attached hydrogen (secondary N) is 1. The van der Waals surface area contributed by atoms with Crippen LogP contribution in [0.5, 0.6) is 0 Å². The van der Waals surface area contributed by atoms with E-state index in [4.69, 9.17) is 4.74 Å². The van der Waals surface area contributed by atoms with Crippen molar-refractivity contribution < 1.29 is 9.53 Å². The summed E-state index contributed by atoms with van der Waals surface area (Å²) in [5, 5.41) is 4.13. The number of hydrogen-bond donors (Lipinski definition) is 1. The molecule has 6 nitrogen and oxygen atoms in total. The lowest BCUT2D eigenvalue weighted by Crippen LogP contribution is -2.30. The molecule has 2 aromatic heterocycles. The van der Waals surface area contributed by atoms with Crippen LogP contribution in [0.25, 0.3) is 10.8 Å². The smallest absolute Gasteiger partial charge is 0.258 e. The number of nitrogens with zero attached hydrogens (tertiary/aromatic N) is 2. The summed E-state index contributed by atoms with van der Waals surface area (Å²) in [6.45, 7) is 2.02. The van der Waals surface area contributed by atoms with Crippen molar-refractivity contribution in [1.29, 1.82) is 0 Å². The number of fused-ring (bicyclic) bond motifs is 1. The first kappa shape index (κ1) is 17.0. The number of carbonyl (C=O) groups is 1. The van der Waals surface area contributed by atoms with Gasteiger partial charge < -0.3 is 19.2 Å². The lowest BCUT2D eigenvalue weighted by atomic mass is 10.1. The average molecular weight is 339 g/mol. The monoisotopic (exact) mass is 339 g/mol. The van der Waals surface area contributed by atoms with Crippen LogP contribution >= 0.6 is 0 Å². The van der Waals surface area contributed by atoms with Gasteiger partial charge in [-0.2, -0.15) is 0 Å². The topological polar surface area (TPSA) is 65.3 Å². The van der Waals surface area contributed by atoms with E-state index >= 15 is 0 Å². The summed E-state index contributed by atoms with van der Waals surface area (Å²) in [6, 6.07) is 11.1. The van der Waals surface area contributed by atoms with Crippen molar-refractivity contribution in [3.63, 3.8) is 0 Å². The van der Waals surface area contributed by atoms with Gasteiger partial charge in [-0.15, -0.1) is 0 Å². The fraction of sp³-hybridized carbons (Fsp3) is 0.263. The predicted octanol–water partition coefficient (Wildman–Crippen LogP) is 1.88. The molecular weight excluding hydrogens is 318 g/mol. The maximum absolute atomic E-state index is 12.7. The average Bonchev–Trinajstić information content (AvgIpc) is 3.14. The zero-order valence-corrected chi connectivity index (χ0v) is 14.1. The fourth-order valence-corrected chi connectivity index (χ4v) is 2.79. The van der Waals surface area contributed by atoms with Crippen molar-refractivity contribution in [2.75, 3.05) is 20.3 Å². The Morgan fingerprint density at radius 2 is 1.80 bits per heavy atom. The molecule has 0 radical (unpaired) electrons. The maximum atomic E-state index is 12.7. The number of hydrogen-bond acceptors (Lipinski definition) is 3. The summed E-state index contributed by atoms with van der Waals surface area (Å²) in [7, 11) is 1.58. The molecule has 1 N–H and O–H groups in total. The molecule has 0 aliphatic rings. The van der Waals surface area contributed by atoms with Gasteiger partial charge in [0.1, 0.15) is 0 Å². The van der Waals surface area contributed by atoms with Gasteiger partial charge in [-0.25, -0.2) is 0 Å². The highest BCUT2D eigenvalue weighted by Gasteiger charge is 2.14. The van der Waals surface area contributed by atoms with E-state index in [1.807, 2.05) is 35.2 Å². The highest BCUT2D eigenvalue weighted by Crippen LogP contribution is 2.15. The van der Waals surface area contributed by atoms with Gasteiger partial charge in [0.2, 0.25) is 0 Å². The third-order valence-electron chi connectivity index (χ3n) is 4.10. The molecule has 6 heteroatoms. The maximum Gasteiger partial charge on any atom is 0.258 e. The van der Waals surface area contributed by atoms with Crippen LogP contribution in [0.2, 0.25) is 0 Å². The molecule has 0 fully saturated rings. The largest absolute Gasteiger partial charge is 0.383 e. The molecule has 0 bridgehead atoms. The minimum Gasteiger partial charge on any atom is -0.383 e. The lowest BCUT2D eigenvalue weighted by molar-refractivity contribution is 0.0953. The minimum absolute atomic E-state index is 0.114. The van der Waals surface area contributed by atoms with E-state index in [-0.39, 0.29) is 11.5 Å². The fourth-order valence-electron chi connectivity index (χ4n) is 2.79. The summed E-state index contributed by atoms with van der Waals surface area (Å²) < 4.78 is 8.59. The first-order valence-corrected chi connectivity index (χ1v) is 8.21. The van der Waals surface area contributed by atoms with E-state index in [0.717, 1.165) is 0 Å². The van der Waals surface area contributed by atoms with Crippen LogP contribution in [0, 0.1) is 0 Å². The van der Waals surface area contributed by atoms with Crippen molar-refractivity contribution >= 4 is 16.7 Å². The van der Waals surface area contributed by atoms with Crippen molar-refractivity contribution in [2.24, 2.45) is 0 Å². The quantitative estimate of drug-likeness (QED) is 0.715. The molecule has 0 saturated heterocycles. The van der Waals surface area contributed by atoms with Crippen LogP contribution in [-0.2, 0) is 17.8 Å². The zero-order chi connectivity index (χ0) is 17.6. The predicted molar refractivity (Wildman–Crippen MR) is 96.8 cm³/mol. The Morgan fingerprint density at radius 1 is 1.08 bits per heavy atom. The standard InChI is InChI=1S/C19H21N3O3/c1-25-13-12-22-14-17(15-6-2-3-7-16(15)19(22)24)18(23)20-8-11-21-9-4-5-10-21/h2-7,9-10,14H,8,11-13H2,1H3,(H,20,23). The molecule has 130 valence electrons. The minimum atomic E-state index is -0.186. The summed E-state index contributed by atoms with van der Waals surface area (Å²) >= 11 is 0. The van der Waals surface area contributed by atoms with Gasteiger partial charge in [0, 0.05) is 56.1 Å². The number of benzene rings is 1. The van der Waals surface area contributed by atoms with Gasteiger partial charge >= 0.3 is 0 Å². The molecule has 0 unspecified atom stereocenters. The van der Waals surface area contributed by atoms with Crippen LogP contribution in [-0.4, -0.2) is 35.3 Å². The molecule has 2 heterocycles. The number of rotatable bonds is 7. The first-order chi connectivity index (χ1) is 12.2. The number of pyridine rings is 1.